The van der Waals surface area contributed by atoms with Crippen LogP contribution in [0.25, 0.3) is 0 Å². The molecule has 1 fully saturated rings. The van der Waals surface area contributed by atoms with Gasteiger partial charge < -0.3 is 4.74 Å². The fourth-order valence-corrected chi connectivity index (χ4v) is 4.37. The maximum absolute atomic E-state index is 5.30. The predicted molar refractivity (Wildman–Crippen MR) is 124 cm³/mol. The first kappa shape index (κ1) is 20.6. The third-order valence-electron chi connectivity index (χ3n) is 6.09. The molecule has 0 saturated carbocycles. The zero-order chi connectivity index (χ0) is 20.6. The Bertz CT molecular complexity index is 880. The van der Waals surface area contributed by atoms with E-state index in [-0.39, 0.29) is 0 Å². The lowest BCUT2D eigenvalue weighted by Crippen LogP contribution is -2.52. The molecule has 0 aromatic heterocycles. The van der Waals surface area contributed by atoms with Gasteiger partial charge in [0.05, 0.1) is 7.11 Å². The second kappa shape index (κ2) is 10.4. The summed E-state index contributed by atoms with van der Waals surface area (Å²) in [4.78, 5) is 5.30. The number of methoxy groups -OCH3 is 1. The lowest BCUT2D eigenvalue weighted by Gasteiger charge is -2.42. The van der Waals surface area contributed by atoms with Gasteiger partial charge in [0.1, 0.15) is 5.75 Å². The lowest BCUT2D eigenvalue weighted by molar-refractivity contribution is 0.0597. The molecule has 4 rings (SSSR count). The van der Waals surface area contributed by atoms with E-state index in [9.17, 15) is 0 Å². The van der Waals surface area contributed by atoms with Crippen LogP contribution in [0.4, 0.5) is 0 Å². The van der Waals surface area contributed by atoms with Gasteiger partial charge in [-0.1, -0.05) is 72.8 Å². The Labute approximate surface area is 180 Å². The Morgan fingerprint density at radius 3 is 2.00 bits per heavy atom. The molecule has 3 aromatic carbocycles. The average Bonchev–Trinajstić information content (AvgIpc) is 2.81. The van der Waals surface area contributed by atoms with Crippen molar-refractivity contribution >= 4 is 0 Å². The van der Waals surface area contributed by atoms with E-state index in [2.05, 4.69) is 94.7 Å². The molecule has 1 unspecified atom stereocenters. The largest absolute Gasteiger partial charge is 0.497 e. The quantitative estimate of drug-likeness (QED) is 0.528. The van der Waals surface area contributed by atoms with Crippen molar-refractivity contribution in [1.82, 2.24) is 9.80 Å². The van der Waals surface area contributed by atoms with Crippen molar-refractivity contribution in [2.45, 2.75) is 32.0 Å². The Morgan fingerprint density at radius 2 is 1.37 bits per heavy atom. The highest BCUT2D eigenvalue weighted by molar-refractivity contribution is 5.27. The van der Waals surface area contributed by atoms with Crippen molar-refractivity contribution in [2.24, 2.45) is 0 Å². The van der Waals surface area contributed by atoms with Crippen LogP contribution < -0.4 is 4.74 Å². The first-order chi connectivity index (χ1) is 14.8. The zero-order valence-corrected chi connectivity index (χ0v) is 17.9. The third kappa shape index (κ3) is 5.71. The zero-order valence-electron chi connectivity index (χ0n) is 17.9. The summed E-state index contributed by atoms with van der Waals surface area (Å²) in [7, 11) is 1.72. The second-order valence-electron chi connectivity index (χ2n) is 8.22. The number of rotatable bonds is 8. The molecule has 30 heavy (non-hydrogen) atoms. The Hall–Kier alpha value is -2.62. The van der Waals surface area contributed by atoms with Crippen molar-refractivity contribution in [1.29, 1.82) is 0 Å². The van der Waals surface area contributed by atoms with Gasteiger partial charge in [0.15, 0.2) is 0 Å². The molecule has 3 aromatic rings. The van der Waals surface area contributed by atoms with Gasteiger partial charge >= 0.3 is 0 Å². The minimum atomic E-state index is 0.560. The molecule has 3 nitrogen and oxygen atoms in total. The monoisotopic (exact) mass is 400 g/mol. The van der Waals surface area contributed by atoms with Gasteiger partial charge in [-0.3, -0.25) is 9.80 Å². The number of hydrogen-bond donors (Lipinski definition) is 0. The van der Waals surface area contributed by atoms with E-state index in [1.807, 2.05) is 0 Å². The third-order valence-corrected chi connectivity index (χ3v) is 6.09. The summed E-state index contributed by atoms with van der Waals surface area (Å²) in [5.41, 5.74) is 4.20. The van der Waals surface area contributed by atoms with Gasteiger partial charge in [-0.15, -0.1) is 0 Å². The van der Waals surface area contributed by atoms with Gasteiger partial charge in [0.2, 0.25) is 0 Å². The number of hydrogen-bond acceptors (Lipinski definition) is 3. The van der Waals surface area contributed by atoms with Crippen LogP contribution in [0.2, 0.25) is 0 Å². The first-order valence-corrected chi connectivity index (χ1v) is 11.0. The minimum Gasteiger partial charge on any atom is -0.497 e. The SMILES string of the molecule is COc1ccc(CCC2CN(Cc3ccccc3)CCN2Cc2ccccc2)cc1. The molecular formula is C27H32N2O. The van der Waals surface area contributed by atoms with Crippen molar-refractivity contribution in [3.8, 4) is 5.75 Å². The number of ether oxygens (including phenoxy) is 1. The van der Waals surface area contributed by atoms with Crippen LogP contribution in [0.1, 0.15) is 23.1 Å². The van der Waals surface area contributed by atoms with E-state index in [4.69, 9.17) is 4.74 Å². The maximum Gasteiger partial charge on any atom is 0.118 e. The Kier molecular flexibility index (Phi) is 7.17. The maximum atomic E-state index is 5.30. The molecule has 1 heterocycles. The van der Waals surface area contributed by atoms with Gasteiger partial charge in [-0.25, -0.2) is 0 Å². The first-order valence-electron chi connectivity index (χ1n) is 11.0. The highest BCUT2D eigenvalue weighted by Crippen LogP contribution is 2.21. The lowest BCUT2D eigenvalue weighted by atomic mass is 10.0. The molecule has 1 saturated heterocycles. The van der Waals surface area contributed by atoms with Crippen LogP contribution >= 0.6 is 0 Å². The molecule has 1 atom stereocenters. The summed E-state index contributed by atoms with van der Waals surface area (Å²) >= 11 is 0. The van der Waals surface area contributed by atoms with Crippen molar-refractivity contribution in [3.05, 3.63) is 102 Å². The summed E-state index contributed by atoms with van der Waals surface area (Å²) in [5.74, 6) is 0.927. The molecule has 1 aliphatic rings. The van der Waals surface area contributed by atoms with Gasteiger partial charge in [-0.05, 0) is 41.7 Å². The summed E-state index contributed by atoms with van der Waals surface area (Å²) in [6.07, 6.45) is 2.27. The molecular weight excluding hydrogens is 368 g/mol. The topological polar surface area (TPSA) is 15.7 Å². The van der Waals surface area contributed by atoms with Crippen LogP contribution in [0.5, 0.6) is 5.75 Å². The van der Waals surface area contributed by atoms with Crippen LogP contribution in [-0.4, -0.2) is 42.6 Å². The molecule has 0 radical (unpaired) electrons. The standard InChI is InChI=1S/C27H32N2O/c1-30-27-16-13-23(14-17-27)12-15-26-22-28(20-24-8-4-2-5-9-24)18-19-29(26)21-25-10-6-3-7-11-25/h2-11,13-14,16-17,26H,12,15,18-22H2,1H3. The average molecular weight is 401 g/mol. The highest BCUT2D eigenvalue weighted by atomic mass is 16.5. The van der Waals surface area contributed by atoms with E-state index in [1.165, 1.54) is 23.1 Å². The number of benzene rings is 3. The van der Waals surface area contributed by atoms with E-state index in [0.717, 1.165) is 44.9 Å². The fourth-order valence-electron chi connectivity index (χ4n) is 4.37. The van der Waals surface area contributed by atoms with Crippen LogP contribution in [0.15, 0.2) is 84.9 Å². The molecule has 0 aliphatic carbocycles. The van der Waals surface area contributed by atoms with Crippen LogP contribution in [0, 0.1) is 0 Å². The molecule has 3 heteroatoms. The van der Waals surface area contributed by atoms with Crippen LogP contribution in [-0.2, 0) is 19.5 Å². The van der Waals surface area contributed by atoms with Gasteiger partial charge in [0.25, 0.3) is 0 Å². The normalized spacial score (nSPS) is 17.7. The van der Waals surface area contributed by atoms with Crippen molar-refractivity contribution < 1.29 is 4.74 Å². The van der Waals surface area contributed by atoms with Crippen molar-refractivity contribution in [3.63, 3.8) is 0 Å². The van der Waals surface area contributed by atoms with Gasteiger partial charge in [-0.2, -0.15) is 0 Å². The summed E-state index contributed by atoms with van der Waals surface area (Å²) in [6, 6.07) is 30.8. The Morgan fingerprint density at radius 1 is 0.733 bits per heavy atom. The minimum absolute atomic E-state index is 0.560. The fraction of sp³-hybridized carbons (Fsp3) is 0.333. The van der Waals surface area contributed by atoms with E-state index < -0.39 is 0 Å². The molecule has 0 N–H and O–H groups in total. The second-order valence-corrected chi connectivity index (χ2v) is 8.22. The van der Waals surface area contributed by atoms with E-state index >= 15 is 0 Å². The van der Waals surface area contributed by atoms with Crippen molar-refractivity contribution in [2.75, 3.05) is 26.7 Å². The molecule has 0 bridgehead atoms. The number of nitrogens with zero attached hydrogens (tertiary/aromatic N) is 2. The molecule has 156 valence electrons. The summed E-state index contributed by atoms with van der Waals surface area (Å²) in [6.45, 7) is 5.44. The summed E-state index contributed by atoms with van der Waals surface area (Å²) < 4.78 is 5.30. The number of piperazine rings is 1. The Balaban J connectivity index is 1.42. The van der Waals surface area contributed by atoms with E-state index in [0.29, 0.717) is 6.04 Å². The smallest absolute Gasteiger partial charge is 0.118 e. The van der Waals surface area contributed by atoms with E-state index in [1.54, 1.807) is 7.11 Å². The number of aryl methyl sites for hydroxylation is 1. The van der Waals surface area contributed by atoms with Crippen LogP contribution in [0.3, 0.4) is 0 Å². The highest BCUT2D eigenvalue weighted by Gasteiger charge is 2.26. The molecule has 0 amide bonds. The molecule has 1 aliphatic heterocycles. The molecule has 0 spiro atoms. The summed E-state index contributed by atoms with van der Waals surface area (Å²) in [5, 5.41) is 0. The van der Waals surface area contributed by atoms with Gasteiger partial charge in [0, 0.05) is 38.8 Å². The predicted octanol–water partition coefficient (Wildman–Crippen LogP) is 5.01.